The molecule has 0 bridgehead atoms. The fourth-order valence-corrected chi connectivity index (χ4v) is 1.59. The molecule has 1 N–H and O–H groups in total. The molecule has 0 spiro atoms. The van der Waals surface area contributed by atoms with E-state index in [0.29, 0.717) is 18.1 Å². The second-order valence-electron chi connectivity index (χ2n) is 4.08. The van der Waals surface area contributed by atoms with Crippen LogP contribution in [0.5, 0.6) is 11.6 Å². The summed E-state index contributed by atoms with van der Waals surface area (Å²) in [6.07, 6.45) is 3.04. The fourth-order valence-electron chi connectivity index (χ4n) is 1.59. The predicted octanol–water partition coefficient (Wildman–Crippen LogP) is 2.92. The van der Waals surface area contributed by atoms with E-state index in [1.54, 1.807) is 19.2 Å². The van der Waals surface area contributed by atoms with E-state index in [0.717, 1.165) is 5.56 Å². The molecule has 0 unspecified atom stereocenters. The zero-order chi connectivity index (χ0) is 14.5. The lowest BCUT2D eigenvalue weighted by molar-refractivity contribution is -0.384. The van der Waals surface area contributed by atoms with Crippen LogP contribution in [0.3, 0.4) is 0 Å². The number of ether oxygens (including phenoxy) is 1. The minimum atomic E-state index is -0.465. The van der Waals surface area contributed by atoms with Gasteiger partial charge >= 0.3 is 0 Å². The zero-order valence-corrected chi connectivity index (χ0v) is 11.2. The number of nitro groups is 1. The summed E-state index contributed by atoms with van der Waals surface area (Å²) in [5, 5.41) is 13.8. The Kier molecular flexibility index (Phi) is 4.09. The van der Waals surface area contributed by atoms with Crippen LogP contribution in [-0.4, -0.2) is 21.4 Å². The highest BCUT2D eigenvalue weighted by atomic mass is 16.6. The molecule has 1 aromatic heterocycles. The van der Waals surface area contributed by atoms with E-state index in [4.69, 9.17) is 4.74 Å². The lowest BCUT2D eigenvalue weighted by atomic mass is 10.2. The van der Waals surface area contributed by atoms with Crippen molar-refractivity contribution < 1.29 is 9.66 Å². The third-order valence-electron chi connectivity index (χ3n) is 2.57. The average Bonchev–Trinajstić information content (AvgIpc) is 2.42. The molecular weight excluding hydrogens is 260 g/mol. The lowest BCUT2D eigenvalue weighted by Gasteiger charge is -2.08. The van der Waals surface area contributed by atoms with E-state index in [9.17, 15) is 10.1 Å². The standard InChI is InChI=1S/C13H14N4O3/c1-3-15-12-7-14-8-13(16-12)20-11-6-10(17(18)19)5-4-9(11)2/h4-8H,3H2,1-2H3,(H,15,16). The average molecular weight is 274 g/mol. The predicted molar refractivity (Wildman–Crippen MR) is 74.1 cm³/mol. The molecule has 20 heavy (non-hydrogen) atoms. The van der Waals surface area contributed by atoms with Crippen LogP contribution in [0, 0.1) is 17.0 Å². The molecule has 104 valence electrons. The maximum absolute atomic E-state index is 10.8. The molecule has 0 atom stereocenters. The minimum Gasteiger partial charge on any atom is -0.437 e. The molecule has 0 aliphatic rings. The summed E-state index contributed by atoms with van der Waals surface area (Å²) in [6, 6.07) is 4.44. The summed E-state index contributed by atoms with van der Waals surface area (Å²) >= 11 is 0. The maximum atomic E-state index is 10.8. The zero-order valence-electron chi connectivity index (χ0n) is 11.2. The number of nitro benzene ring substituents is 1. The fraction of sp³-hybridized carbons (Fsp3) is 0.231. The molecule has 2 aromatic rings. The van der Waals surface area contributed by atoms with Gasteiger partial charge in [0.25, 0.3) is 5.69 Å². The Balaban J connectivity index is 2.27. The van der Waals surface area contributed by atoms with E-state index in [1.807, 2.05) is 6.92 Å². The third kappa shape index (κ3) is 3.19. The molecule has 0 saturated heterocycles. The number of hydrogen-bond donors (Lipinski definition) is 1. The summed E-state index contributed by atoms with van der Waals surface area (Å²) in [6.45, 7) is 4.47. The first-order valence-corrected chi connectivity index (χ1v) is 6.09. The first-order chi connectivity index (χ1) is 9.60. The topological polar surface area (TPSA) is 90.2 Å². The molecule has 7 heteroatoms. The number of hydrogen-bond acceptors (Lipinski definition) is 6. The summed E-state index contributed by atoms with van der Waals surface area (Å²) < 4.78 is 5.57. The molecule has 0 aliphatic heterocycles. The van der Waals surface area contributed by atoms with Crippen LogP contribution in [0.25, 0.3) is 0 Å². The van der Waals surface area contributed by atoms with Gasteiger partial charge in [-0.15, -0.1) is 0 Å². The Labute approximate surface area is 115 Å². The van der Waals surface area contributed by atoms with Gasteiger partial charge in [0.2, 0.25) is 5.88 Å². The van der Waals surface area contributed by atoms with Crippen molar-refractivity contribution in [1.82, 2.24) is 9.97 Å². The highest BCUT2D eigenvalue weighted by Crippen LogP contribution is 2.28. The Morgan fingerprint density at radius 3 is 2.90 bits per heavy atom. The molecular formula is C13H14N4O3. The van der Waals surface area contributed by atoms with E-state index >= 15 is 0 Å². The summed E-state index contributed by atoms with van der Waals surface area (Å²) in [4.78, 5) is 18.5. The van der Waals surface area contributed by atoms with Gasteiger partial charge in [0.1, 0.15) is 11.6 Å². The van der Waals surface area contributed by atoms with Crippen LogP contribution in [0.2, 0.25) is 0 Å². The molecule has 0 fully saturated rings. The molecule has 1 aromatic carbocycles. The number of benzene rings is 1. The third-order valence-corrected chi connectivity index (χ3v) is 2.57. The van der Waals surface area contributed by atoms with Crippen molar-refractivity contribution in [3.8, 4) is 11.6 Å². The van der Waals surface area contributed by atoms with Crippen LogP contribution in [0.4, 0.5) is 11.5 Å². The maximum Gasteiger partial charge on any atom is 0.273 e. The Morgan fingerprint density at radius 1 is 1.40 bits per heavy atom. The van der Waals surface area contributed by atoms with Crippen molar-refractivity contribution in [2.45, 2.75) is 13.8 Å². The number of nitrogens with zero attached hydrogens (tertiary/aromatic N) is 3. The Morgan fingerprint density at radius 2 is 2.20 bits per heavy atom. The minimum absolute atomic E-state index is 0.0265. The van der Waals surface area contributed by atoms with Gasteiger partial charge in [0.05, 0.1) is 23.4 Å². The van der Waals surface area contributed by atoms with Crippen LogP contribution in [-0.2, 0) is 0 Å². The molecule has 0 amide bonds. The Hall–Kier alpha value is -2.70. The lowest BCUT2D eigenvalue weighted by Crippen LogP contribution is -2.01. The van der Waals surface area contributed by atoms with Crippen molar-refractivity contribution in [2.75, 3.05) is 11.9 Å². The molecule has 0 radical (unpaired) electrons. The highest BCUT2D eigenvalue weighted by molar-refractivity contribution is 5.45. The smallest absolute Gasteiger partial charge is 0.273 e. The number of non-ortho nitro benzene ring substituents is 1. The van der Waals surface area contributed by atoms with Crippen molar-refractivity contribution in [3.63, 3.8) is 0 Å². The van der Waals surface area contributed by atoms with Crippen molar-refractivity contribution in [3.05, 3.63) is 46.3 Å². The number of nitrogens with one attached hydrogen (secondary N) is 1. The summed E-state index contributed by atoms with van der Waals surface area (Å²) in [5.74, 6) is 1.27. The van der Waals surface area contributed by atoms with Gasteiger partial charge in [-0.1, -0.05) is 0 Å². The Bertz CT molecular complexity index is 631. The van der Waals surface area contributed by atoms with Crippen molar-refractivity contribution in [1.29, 1.82) is 0 Å². The number of rotatable bonds is 5. The second kappa shape index (κ2) is 5.96. The molecule has 0 saturated carbocycles. The first kappa shape index (κ1) is 13.7. The summed E-state index contributed by atoms with van der Waals surface area (Å²) in [7, 11) is 0. The quantitative estimate of drug-likeness (QED) is 0.666. The molecule has 7 nitrogen and oxygen atoms in total. The van der Waals surface area contributed by atoms with Gasteiger partial charge in [-0.05, 0) is 25.5 Å². The largest absolute Gasteiger partial charge is 0.437 e. The number of aromatic nitrogens is 2. The van der Waals surface area contributed by atoms with Crippen molar-refractivity contribution >= 4 is 11.5 Å². The number of aryl methyl sites for hydroxylation is 1. The highest BCUT2D eigenvalue weighted by Gasteiger charge is 2.11. The molecule has 2 rings (SSSR count). The van der Waals surface area contributed by atoms with Crippen LogP contribution >= 0.6 is 0 Å². The molecule has 1 heterocycles. The van der Waals surface area contributed by atoms with E-state index < -0.39 is 4.92 Å². The van der Waals surface area contributed by atoms with E-state index in [2.05, 4.69) is 15.3 Å². The first-order valence-electron chi connectivity index (χ1n) is 6.09. The van der Waals surface area contributed by atoms with Crippen molar-refractivity contribution in [2.24, 2.45) is 0 Å². The number of anilines is 1. The van der Waals surface area contributed by atoms with Gasteiger partial charge in [-0.25, -0.2) is 0 Å². The van der Waals surface area contributed by atoms with Gasteiger partial charge in [0, 0.05) is 12.6 Å². The second-order valence-corrected chi connectivity index (χ2v) is 4.08. The SMILES string of the molecule is CCNc1cncc(Oc2cc([N+](=O)[O-])ccc2C)n1. The molecule has 0 aliphatic carbocycles. The normalized spacial score (nSPS) is 10.1. The van der Waals surface area contributed by atoms with Crippen LogP contribution in [0.15, 0.2) is 30.6 Å². The van der Waals surface area contributed by atoms with Gasteiger partial charge in [-0.3, -0.25) is 15.1 Å². The van der Waals surface area contributed by atoms with Crippen LogP contribution < -0.4 is 10.1 Å². The van der Waals surface area contributed by atoms with Gasteiger partial charge in [0.15, 0.2) is 0 Å². The van der Waals surface area contributed by atoms with Crippen LogP contribution in [0.1, 0.15) is 12.5 Å². The van der Waals surface area contributed by atoms with E-state index in [-0.39, 0.29) is 11.6 Å². The van der Waals surface area contributed by atoms with Gasteiger partial charge in [-0.2, -0.15) is 4.98 Å². The summed E-state index contributed by atoms with van der Waals surface area (Å²) in [5.41, 5.74) is 0.757. The van der Waals surface area contributed by atoms with Gasteiger partial charge < -0.3 is 10.1 Å². The van der Waals surface area contributed by atoms with E-state index in [1.165, 1.54) is 18.3 Å². The monoisotopic (exact) mass is 274 g/mol.